The van der Waals surface area contributed by atoms with E-state index in [1.807, 2.05) is 69.3 Å². The zero-order valence-corrected chi connectivity index (χ0v) is 17.6. The number of benzene rings is 3. The van der Waals surface area contributed by atoms with E-state index in [4.69, 9.17) is 9.47 Å². The molecule has 0 aromatic heterocycles. The minimum Gasteiger partial charge on any atom is -0.487 e. The number of rotatable bonds is 5. The summed E-state index contributed by atoms with van der Waals surface area (Å²) in [5, 5.41) is 2.25. The predicted molar refractivity (Wildman–Crippen MR) is 121 cm³/mol. The molecule has 1 heterocycles. The summed E-state index contributed by atoms with van der Waals surface area (Å²) < 4.78 is 11.8. The van der Waals surface area contributed by atoms with Gasteiger partial charge in [-0.25, -0.2) is 4.79 Å². The maximum Gasteiger partial charge on any atom is 0.338 e. The molecule has 1 aliphatic heterocycles. The molecular formula is C27H26O3. The van der Waals surface area contributed by atoms with Crippen molar-refractivity contribution in [2.75, 3.05) is 6.61 Å². The third-order valence-electron chi connectivity index (χ3n) is 5.65. The molecule has 0 unspecified atom stereocenters. The van der Waals surface area contributed by atoms with Gasteiger partial charge in [-0.1, -0.05) is 78.9 Å². The minimum atomic E-state index is -0.716. The van der Waals surface area contributed by atoms with Crippen LogP contribution in [0.15, 0.2) is 90.2 Å². The Morgan fingerprint density at radius 2 is 1.73 bits per heavy atom. The zero-order valence-electron chi connectivity index (χ0n) is 17.6. The highest BCUT2D eigenvalue weighted by molar-refractivity contribution is 5.95. The first-order valence-corrected chi connectivity index (χ1v) is 10.3. The van der Waals surface area contributed by atoms with Crippen LogP contribution in [-0.2, 0) is 14.3 Å². The van der Waals surface area contributed by atoms with Crippen molar-refractivity contribution in [3.05, 3.63) is 101 Å². The SMILES string of the molecule is CCOC(=O)C1=C(C)O[C@](C)(/C=C/c2ccccc2)[C@H]1c1cccc2ccccc12. The zero-order chi connectivity index (χ0) is 21.1. The van der Waals surface area contributed by atoms with E-state index in [-0.39, 0.29) is 11.9 Å². The van der Waals surface area contributed by atoms with Crippen LogP contribution in [0.2, 0.25) is 0 Å². The van der Waals surface area contributed by atoms with Gasteiger partial charge in [-0.3, -0.25) is 0 Å². The molecular weight excluding hydrogens is 372 g/mol. The van der Waals surface area contributed by atoms with Gasteiger partial charge in [0.15, 0.2) is 0 Å². The predicted octanol–water partition coefficient (Wildman–Crippen LogP) is 6.26. The summed E-state index contributed by atoms with van der Waals surface area (Å²) in [6.45, 7) is 6.04. The molecule has 0 amide bonds. The maximum atomic E-state index is 13.0. The van der Waals surface area contributed by atoms with Crippen LogP contribution in [0.1, 0.15) is 37.8 Å². The third kappa shape index (κ3) is 3.63. The number of allylic oxidation sites excluding steroid dienone is 1. The van der Waals surface area contributed by atoms with Gasteiger partial charge in [0.1, 0.15) is 11.4 Å². The van der Waals surface area contributed by atoms with Crippen molar-refractivity contribution < 1.29 is 14.3 Å². The molecule has 3 heteroatoms. The fourth-order valence-corrected chi connectivity index (χ4v) is 4.33. The van der Waals surface area contributed by atoms with Crippen molar-refractivity contribution in [2.24, 2.45) is 0 Å². The van der Waals surface area contributed by atoms with Crippen LogP contribution in [0.25, 0.3) is 16.8 Å². The van der Waals surface area contributed by atoms with Gasteiger partial charge in [0.25, 0.3) is 0 Å². The summed E-state index contributed by atoms with van der Waals surface area (Å²) in [5.41, 5.74) is 2.02. The third-order valence-corrected chi connectivity index (χ3v) is 5.65. The van der Waals surface area contributed by atoms with Crippen molar-refractivity contribution in [1.29, 1.82) is 0 Å². The highest BCUT2D eigenvalue weighted by Crippen LogP contribution is 2.49. The van der Waals surface area contributed by atoms with Gasteiger partial charge >= 0.3 is 5.97 Å². The first kappa shape index (κ1) is 20.0. The molecule has 152 valence electrons. The molecule has 0 spiro atoms. The maximum absolute atomic E-state index is 13.0. The normalized spacial score (nSPS) is 21.2. The molecule has 3 aromatic carbocycles. The number of carbonyl (C=O) groups excluding carboxylic acids is 1. The Morgan fingerprint density at radius 1 is 1.03 bits per heavy atom. The molecule has 0 radical (unpaired) electrons. The van der Waals surface area contributed by atoms with Crippen molar-refractivity contribution >= 4 is 22.8 Å². The smallest absolute Gasteiger partial charge is 0.338 e. The van der Waals surface area contributed by atoms with E-state index < -0.39 is 5.60 Å². The molecule has 0 fully saturated rings. The monoisotopic (exact) mass is 398 g/mol. The van der Waals surface area contributed by atoms with E-state index in [9.17, 15) is 4.79 Å². The van der Waals surface area contributed by atoms with Crippen LogP contribution in [0.3, 0.4) is 0 Å². The van der Waals surface area contributed by atoms with Gasteiger partial charge in [0.2, 0.25) is 0 Å². The lowest BCUT2D eigenvalue weighted by atomic mass is 9.77. The van der Waals surface area contributed by atoms with E-state index >= 15 is 0 Å². The highest BCUT2D eigenvalue weighted by atomic mass is 16.5. The minimum absolute atomic E-state index is 0.275. The molecule has 1 aliphatic rings. The van der Waals surface area contributed by atoms with Gasteiger partial charge < -0.3 is 9.47 Å². The molecule has 0 aliphatic carbocycles. The van der Waals surface area contributed by atoms with Crippen LogP contribution in [0.4, 0.5) is 0 Å². The summed E-state index contributed by atoms with van der Waals surface area (Å²) >= 11 is 0. The highest BCUT2D eigenvalue weighted by Gasteiger charge is 2.48. The van der Waals surface area contributed by atoms with Crippen LogP contribution >= 0.6 is 0 Å². The summed E-state index contributed by atoms with van der Waals surface area (Å²) in [5.74, 6) is 0.0268. The Hall–Kier alpha value is -3.33. The standard InChI is InChI=1S/C27H26O3/c1-4-29-26(28)24-19(2)30-27(3,18-17-20-11-6-5-7-12-20)25(24)23-16-10-14-21-13-8-9-15-22(21)23/h5-18,25H,4H2,1-3H3/b18-17+/t25-,27+/m0/s1. The lowest BCUT2D eigenvalue weighted by Crippen LogP contribution is -2.31. The first-order chi connectivity index (χ1) is 14.5. The second-order valence-electron chi connectivity index (χ2n) is 7.72. The van der Waals surface area contributed by atoms with Crippen LogP contribution < -0.4 is 0 Å². The van der Waals surface area contributed by atoms with E-state index in [2.05, 4.69) is 36.4 Å². The van der Waals surface area contributed by atoms with E-state index in [0.717, 1.165) is 21.9 Å². The average molecular weight is 399 g/mol. The Kier molecular flexibility index (Phi) is 5.45. The van der Waals surface area contributed by atoms with Crippen LogP contribution in [0.5, 0.6) is 0 Å². The molecule has 0 N–H and O–H groups in total. The quantitative estimate of drug-likeness (QED) is 0.476. The summed E-state index contributed by atoms with van der Waals surface area (Å²) in [6, 6.07) is 24.6. The molecule has 0 bridgehead atoms. The van der Waals surface area contributed by atoms with E-state index in [1.165, 1.54) is 0 Å². The molecule has 0 saturated heterocycles. The fourth-order valence-electron chi connectivity index (χ4n) is 4.33. The van der Waals surface area contributed by atoms with Crippen LogP contribution in [0, 0.1) is 0 Å². The molecule has 2 atom stereocenters. The van der Waals surface area contributed by atoms with Gasteiger partial charge in [-0.2, -0.15) is 0 Å². The Bertz CT molecular complexity index is 1120. The first-order valence-electron chi connectivity index (χ1n) is 10.3. The van der Waals surface area contributed by atoms with Gasteiger partial charge in [0, 0.05) is 0 Å². The second-order valence-corrected chi connectivity index (χ2v) is 7.72. The van der Waals surface area contributed by atoms with Crippen molar-refractivity contribution in [3.8, 4) is 0 Å². The topological polar surface area (TPSA) is 35.5 Å². The van der Waals surface area contributed by atoms with Gasteiger partial charge in [-0.05, 0) is 48.7 Å². The largest absolute Gasteiger partial charge is 0.487 e. The Balaban J connectivity index is 1.87. The van der Waals surface area contributed by atoms with Crippen LogP contribution in [-0.4, -0.2) is 18.2 Å². The lowest BCUT2D eigenvalue weighted by molar-refractivity contribution is -0.138. The summed E-state index contributed by atoms with van der Waals surface area (Å²) in [6.07, 6.45) is 4.12. The molecule has 0 saturated carbocycles. The number of hydrogen-bond donors (Lipinski definition) is 0. The lowest BCUT2D eigenvalue weighted by Gasteiger charge is -2.30. The number of ether oxygens (including phenoxy) is 2. The Morgan fingerprint density at radius 3 is 2.50 bits per heavy atom. The number of hydrogen-bond acceptors (Lipinski definition) is 3. The number of fused-ring (bicyclic) bond motifs is 1. The molecule has 3 nitrogen and oxygen atoms in total. The number of esters is 1. The number of carbonyl (C=O) groups is 1. The molecule has 30 heavy (non-hydrogen) atoms. The Labute approximate surface area is 177 Å². The molecule has 4 rings (SSSR count). The van der Waals surface area contributed by atoms with E-state index in [1.54, 1.807) is 0 Å². The second kappa shape index (κ2) is 8.19. The van der Waals surface area contributed by atoms with Gasteiger partial charge in [0.05, 0.1) is 18.1 Å². The van der Waals surface area contributed by atoms with Crippen molar-refractivity contribution in [2.45, 2.75) is 32.3 Å². The summed E-state index contributed by atoms with van der Waals surface area (Å²) in [4.78, 5) is 13.0. The summed E-state index contributed by atoms with van der Waals surface area (Å²) in [7, 11) is 0. The fraction of sp³-hybridized carbons (Fsp3) is 0.222. The van der Waals surface area contributed by atoms with Crippen molar-refractivity contribution in [3.63, 3.8) is 0 Å². The molecule has 3 aromatic rings. The van der Waals surface area contributed by atoms with E-state index in [0.29, 0.717) is 17.9 Å². The van der Waals surface area contributed by atoms with Crippen molar-refractivity contribution in [1.82, 2.24) is 0 Å². The van der Waals surface area contributed by atoms with Gasteiger partial charge in [-0.15, -0.1) is 0 Å². The average Bonchev–Trinajstić information content (AvgIpc) is 3.03.